The van der Waals surface area contributed by atoms with Crippen molar-refractivity contribution in [1.82, 2.24) is 20.2 Å². The third-order valence-corrected chi connectivity index (χ3v) is 3.84. The molecule has 0 saturated carbocycles. The quantitative estimate of drug-likeness (QED) is 0.850. The summed E-state index contributed by atoms with van der Waals surface area (Å²) in [5.41, 5.74) is -0.521. The van der Waals surface area contributed by atoms with Gasteiger partial charge in [0.1, 0.15) is 23.8 Å². The molecule has 0 radical (unpaired) electrons. The molecule has 2 amide bonds. The standard InChI is InChI=1S/C18H25N5O4/c1-12(22-17(25)27-18(2,3)4)16(24)23-9-5-6-13(11-23)26-15-14(10-19)20-7-8-21-15/h7-8,12-13H,5-6,9,11H2,1-4H3,(H,22,25). The number of hydrogen-bond donors (Lipinski definition) is 1. The van der Waals surface area contributed by atoms with Crippen molar-refractivity contribution in [2.24, 2.45) is 0 Å². The summed E-state index contributed by atoms with van der Waals surface area (Å²) >= 11 is 0. The number of aromatic nitrogens is 2. The molecule has 0 bridgehead atoms. The van der Waals surface area contributed by atoms with E-state index in [0.717, 1.165) is 12.8 Å². The number of carbonyl (C=O) groups excluding carboxylic acids is 2. The Morgan fingerprint density at radius 3 is 2.74 bits per heavy atom. The van der Waals surface area contributed by atoms with E-state index in [1.807, 2.05) is 6.07 Å². The molecule has 9 heteroatoms. The van der Waals surface area contributed by atoms with Gasteiger partial charge in [0.2, 0.25) is 11.6 Å². The number of piperidine rings is 1. The second kappa shape index (κ2) is 8.66. The SMILES string of the molecule is CC(NC(=O)OC(C)(C)C)C(=O)N1CCCC(Oc2nccnc2C#N)C1. The second-order valence-electron chi connectivity index (χ2n) is 7.36. The largest absolute Gasteiger partial charge is 0.470 e. The summed E-state index contributed by atoms with van der Waals surface area (Å²) in [6, 6.07) is 1.22. The van der Waals surface area contributed by atoms with E-state index < -0.39 is 17.7 Å². The number of nitrogens with one attached hydrogen (secondary N) is 1. The van der Waals surface area contributed by atoms with Crippen molar-refractivity contribution >= 4 is 12.0 Å². The predicted molar refractivity (Wildman–Crippen MR) is 95.8 cm³/mol. The maximum Gasteiger partial charge on any atom is 0.408 e. The Kier molecular flexibility index (Phi) is 6.55. The Hall–Kier alpha value is -2.89. The summed E-state index contributed by atoms with van der Waals surface area (Å²) in [4.78, 5) is 34.1. The Morgan fingerprint density at radius 1 is 1.37 bits per heavy atom. The first-order valence-corrected chi connectivity index (χ1v) is 8.85. The molecule has 0 aromatic carbocycles. The van der Waals surface area contributed by atoms with E-state index in [2.05, 4.69) is 15.3 Å². The third kappa shape index (κ3) is 6.09. The molecule has 1 aromatic rings. The predicted octanol–water partition coefficient (Wildman–Crippen LogP) is 1.63. The van der Waals surface area contributed by atoms with Crippen molar-refractivity contribution in [1.29, 1.82) is 5.26 Å². The van der Waals surface area contributed by atoms with E-state index in [1.165, 1.54) is 12.4 Å². The minimum absolute atomic E-state index is 0.112. The molecule has 1 aliphatic heterocycles. The summed E-state index contributed by atoms with van der Waals surface area (Å²) in [5.74, 6) is -0.0481. The zero-order valence-corrected chi connectivity index (χ0v) is 16.1. The monoisotopic (exact) mass is 375 g/mol. The van der Waals surface area contributed by atoms with E-state index in [0.29, 0.717) is 13.1 Å². The molecule has 1 N–H and O–H groups in total. The molecule has 146 valence electrons. The van der Waals surface area contributed by atoms with Crippen LogP contribution < -0.4 is 10.1 Å². The van der Waals surface area contributed by atoms with Gasteiger partial charge in [-0.25, -0.2) is 14.8 Å². The number of hydrogen-bond acceptors (Lipinski definition) is 7. The van der Waals surface area contributed by atoms with Crippen LogP contribution in [-0.2, 0) is 9.53 Å². The first kappa shape index (κ1) is 20.4. The van der Waals surface area contributed by atoms with Crippen LogP contribution in [0.1, 0.15) is 46.2 Å². The van der Waals surface area contributed by atoms with Crippen molar-refractivity contribution < 1.29 is 19.1 Å². The highest BCUT2D eigenvalue weighted by Gasteiger charge is 2.30. The fourth-order valence-electron chi connectivity index (χ4n) is 2.70. The van der Waals surface area contributed by atoms with Gasteiger partial charge in [0.15, 0.2) is 0 Å². The van der Waals surface area contributed by atoms with Crippen LogP contribution in [0, 0.1) is 11.3 Å². The van der Waals surface area contributed by atoms with Gasteiger partial charge in [0.05, 0.1) is 6.54 Å². The summed E-state index contributed by atoms with van der Waals surface area (Å²) in [6.45, 7) is 7.81. The van der Waals surface area contributed by atoms with Crippen molar-refractivity contribution in [3.05, 3.63) is 18.1 Å². The number of rotatable bonds is 4. The lowest BCUT2D eigenvalue weighted by atomic mass is 10.1. The second-order valence-corrected chi connectivity index (χ2v) is 7.36. The van der Waals surface area contributed by atoms with E-state index in [1.54, 1.807) is 32.6 Å². The maximum atomic E-state index is 12.6. The molecule has 0 spiro atoms. The van der Waals surface area contributed by atoms with Gasteiger partial charge in [-0.1, -0.05) is 0 Å². The minimum atomic E-state index is -0.718. The molecule has 2 rings (SSSR count). The van der Waals surface area contributed by atoms with Crippen molar-refractivity contribution in [2.45, 2.75) is 58.3 Å². The highest BCUT2D eigenvalue weighted by molar-refractivity contribution is 5.85. The fraction of sp³-hybridized carbons (Fsp3) is 0.611. The molecular weight excluding hydrogens is 350 g/mol. The van der Waals surface area contributed by atoms with Crippen molar-refractivity contribution in [2.75, 3.05) is 13.1 Å². The lowest BCUT2D eigenvalue weighted by molar-refractivity contribution is -0.135. The van der Waals surface area contributed by atoms with Crippen LogP contribution in [0.3, 0.4) is 0 Å². The average molecular weight is 375 g/mol. The Labute approximate surface area is 158 Å². The van der Waals surface area contributed by atoms with Crippen LogP contribution in [0.15, 0.2) is 12.4 Å². The summed E-state index contributed by atoms with van der Waals surface area (Å²) in [6.07, 6.45) is 3.43. The van der Waals surface area contributed by atoms with Crippen molar-refractivity contribution in [3.63, 3.8) is 0 Å². The van der Waals surface area contributed by atoms with Crippen LogP contribution >= 0.6 is 0 Å². The Balaban J connectivity index is 1.93. The smallest absolute Gasteiger partial charge is 0.408 e. The van der Waals surface area contributed by atoms with Gasteiger partial charge in [-0.15, -0.1) is 0 Å². The molecule has 1 aromatic heterocycles. The van der Waals surface area contributed by atoms with Gasteiger partial charge in [-0.05, 0) is 40.5 Å². The van der Waals surface area contributed by atoms with Crippen LogP contribution in [-0.4, -0.2) is 57.7 Å². The van der Waals surface area contributed by atoms with Crippen molar-refractivity contribution in [3.8, 4) is 11.9 Å². The molecule has 27 heavy (non-hydrogen) atoms. The lowest BCUT2D eigenvalue weighted by Gasteiger charge is -2.34. The lowest BCUT2D eigenvalue weighted by Crippen LogP contribution is -2.52. The molecule has 0 aliphatic carbocycles. The van der Waals surface area contributed by atoms with Gasteiger partial charge in [-0.3, -0.25) is 4.79 Å². The normalized spacial score (nSPS) is 18.2. The topological polar surface area (TPSA) is 117 Å². The van der Waals surface area contributed by atoms with Gasteiger partial charge >= 0.3 is 6.09 Å². The molecule has 2 heterocycles. The number of nitrogens with zero attached hydrogens (tertiary/aromatic N) is 4. The molecule has 1 aliphatic rings. The maximum absolute atomic E-state index is 12.6. The summed E-state index contributed by atoms with van der Waals surface area (Å²) in [7, 11) is 0. The number of alkyl carbamates (subject to hydrolysis) is 1. The van der Waals surface area contributed by atoms with Crippen LogP contribution in [0.4, 0.5) is 4.79 Å². The fourth-order valence-corrected chi connectivity index (χ4v) is 2.70. The highest BCUT2D eigenvalue weighted by atomic mass is 16.6. The molecule has 1 saturated heterocycles. The number of amides is 2. The van der Waals surface area contributed by atoms with E-state index in [9.17, 15) is 9.59 Å². The first-order valence-electron chi connectivity index (χ1n) is 8.85. The Morgan fingerprint density at radius 2 is 2.07 bits per heavy atom. The molecule has 9 nitrogen and oxygen atoms in total. The summed E-state index contributed by atoms with van der Waals surface area (Å²) in [5, 5.41) is 11.6. The summed E-state index contributed by atoms with van der Waals surface area (Å²) < 4.78 is 11.0. The minimum Gasteiger partial charge on any atom is -0.470 e. The number of nitriles is 1. The van der Waals surface area contributed by atoms with E-state index >= 15 is 0 Å². The van der Waals surface area contributed by atoms with Crippen LogP contribution in [0.2, 0.25) is 0 Å². The van der Waals surface area contributed by atoms with Gasteiger partial charge in [-0.2, -0.15) is 5.26 Å². The van der Waals surface area contributed by atoms with Gasteiger partial charge in [0.25, 0.3) is 5.88 Å². The number of likely N-dealkylation sites (tertiary alicyclic amines) is 1. The molecular formula is C18H25N5O4. The zero-order chi connectivity index (χ0) is 20.0. The molecule has 2 atom stereocenters. The zero-order valence-electron chi connectivity index (χ0n) is 16.1. The third-order valence-electron chi connectivity index (χ3n) is 3.84. The van der Waals surface area contributed by atoms with Crippen LogP contribution in [0.25, 0.3) is 0 Å². The highest BCUT2D eigenvalue weighted by Crippen LogP contribution is 2.19. The molecule has 2 unspecified atom stereocenters. The van der Waals surface area contributed by atoms with Crippen LogP contribution in [0.5, 0.6) is 5.88 Å². The van der Waals surface area contributed by atoms with E-state index in [-0.39, 0.29) is 23.6 Å². The van der Waals surface area contributed by atoms with Gasteiger partial charge in [0, 0.05) is 18.9 Å². The molecule has 1 fully saturated rings. The Bertz CT molecular complexity index is 725. The number of carbonyl (C=O) groups is 2. The number of ether oxygens (including phenoxy) is 2. The van der Waals surface area contributed by atoms with E-state index in [4.69, 9.17) is 14.7 Å². The average Bonchev–Trinajstić information content (AvgIpc) is 2.60. The van der Waals surface area contributed by atoms with Gasteiger partial charge < -0.3 is 19.7 Å². The first-order chi connectivity index (χ1) is 12.7.